The second-order valence-corrected chi connectivity index (χ2v) is 5.91. The highest BCUT2D eigenvalue weighted by atomic mass is 19.4. The van der Waals surface area contributed by atoms with Gasteiger partial charge in [0.15, 0.2) is 5.75 Å². The fourth-order valence-electron chi connectivity index (χ4n) is 2.98. The van der Waals surface area contributed by atoms with Gasteiger partial charge in [-0.05, 0) is 24.1 Å². The fraction of sp³-hybridized carbons (Fsp3) is 0.158. The van der Waals surface area contributed by atoms with E-state index in [1.165, 1.54) is 19.1 Å². The zero-order valence-electron chi connectivity index (χ0n) is 13.7. The Morgan fingerprint density at radius 1 is 1.00 bits per heavy atom. The predicted octanol–water partition coefficient (Wildman–Crippen LogP) is 4.97. The molecule has 0 saturated heterocycles. The zero-order valence-corrected chi connectivity index (χ0v) is 13.7. The molecule has 0 saturated carbocycles. The van der Waals surface area contributed by atoms with Crippen LogP contribution in [0.3, 0.4) is 0 Å². The van der Waals surface area contributed by atoms with Crippen LogP contribution >= 0.6 is 0 Å². The monoisotopic (exact) mass is 346 g/mol. The molecule has 0 radical (unpaired) electrons. The number of anilines is 1. The Morgan fingerprint density at radius 2 is 1.64 bits per heavy atom. The number of nitrogen functional groups attached to an aromatic ring is 1. The van der Waals surface area contributed by atoms with Gasteiger partial charge in [-0.25, -0.2) is 0 Å². The molecule has 0 fully saturated rings. The van der Waals surface area contributed by atoms with Crippen LogP contribution in [0.1, 0.15) is 11.1 Å². The second-order valence-electron chi connectivity index (χ2n) is 5.91. The summed E-state index contributed by atoms with van der Waals surface area (Å²) >= 11 is 0. The molecular weight excluding hydrogens is 329 g/mol. The SMILES string of the molecule is Cc1ccc(-c2c(O)c(-c3ccccc3)n(C)c2N)cc1C(F)(F)F. The van der Waals surface area contributed by atoms with Crippen LogP contribution in [-0.2, 0) is 13.2 Å². The van der Waals surface area contributed by atoms with Gasteiger partial charge in [0.25, 0.3) is 0 Å². The lowest BCUT2D eigenvalue weighted by molar-refractivity contribution is -0.138. The number of benzene rings is 2. The van der Waals surface area contributed by atoms with Crippen LogP contribution in [0.15, 0.2) is 48.5 Å². The lowest BCUT2D eigenvalue weighted by Gasteiger charge is -2.12. The van der Waals surface area contributed by atoms with Gasteiger partial charge in [-0.15, -0.1) is 0 Å². The van der Waals surface area contributed by atoms with Crippen LogP contribution in [0.2, 0.25) is 0 Å². The van der Waals surface area contributed by atoms with E-state index < -0.39 is 11.7 Å². The molecule has 0 aliphatic carbocycles. The standard InChI is InChI=1S/C19H17F3N2O/c1-11-8-9-13(10-14(11)19(20,21)22)15-17(25)16(24(2)18(15)23)12-6-4-3-5-7-12/h3-10,25H,23H2,1-2H3. The summed E-state index contributed by atoms with van der Waals surface area (Å²) in [7, 11) is 1.67. The first-order valence-electron chi connectivity index (χ1n) is 7.62. The zero-order chi connectivity index (χ0) is 18.4. The third-order valence-electron chi connectivity index (χ3n) is 4.29. The van der Waals surface area contributed by atoms with Gasteiger partial charge in [0.05, 0.1) is 16.8 Å². The smallest absolute Gasteiger partial charge is 0.416 e. The van der Waals surface area contributed by atoms with Crippen LogP contribution < -0.4 is 5.73 Å². The minimum absolute atomic E-state index is 0.119. The summed E-state index contributed by atoms with van der Waals surface area (Å²) in [4.78, 5) is 0. The third kappa shape index (κ3) is 2.84. The molecule has 1 heterocycles. The Hall–Kier alpha value is -2.89. The Kier molecular flexibility index (Phi) is 3.99. The van der Waals surface area contributed by atoms with Crippen LogP contribution in [0.4, 0.5) is 19.0 Å². The van der Waals surface area contributed by atoms with E-state index in [4.69, 9.17) is 5.73 Å². The fourth-order valence-corrected chi connectivity index (χ4v) is 2.98. The van der Waals surface area contributed by atoms with E-state index in [9.17, 15) is 18.3 Å². The van der Waals surface area contributed by atoms with Crippen molar-refractivity contribution in [3.05, 3.63) is 59.7 Å². The number of hydrogen-bond acceptors (Lipinski definition) is 2. The molecule has 0 spiro atoms. The number of nitrogens with two attached hydrogens (primary N) is 1. The average molecular weight is 346 g/mol. The number of hydrogen-bond donors (Lipinski definition) is 2. The number of rotatable bonds is 2. The van der Waals surface area contributed by atoms with Gasteiger partial charge in [-0.1, -0.05) is 42.5 Å². The van der Waals surface area contributed by atoms with E-state index >= 15 is 0 Å². The largest absolute Gasteiger partial charge is 0.505 e. The van der Waals surface area contributed by atoms with E-state index in [0.29, 0.717) is 5.69 Å². The number of halogens is 3. The van der Waals surface area contributed by atoms with Crippen molar-refractivity contribution < 1.29 is 18.3 Å². The molecule has 3 N–H and O–H groups in total. The van der Waals surface area contributed by atoms with Crippen molar-refractivity contribution in [1.82, 2.24) is 4.57 Å². The van der Waals surface area contributed by atoms with Crippen molar-refractivity contribution in [2.24, 2.45) is 7.05 Å². The van der Waals surface area contributed by atoms with Gasteiger partial charge in [0.2, 0.25) is 0 Å². The molecule has 130 valence electrons. The Balaban J connectivity index is 2.23. The topological polar surface area (TPSA) is 51.2 Å². The third-order valence-corrected chi connectivity index (χ3v) is 4.29. The summed E-state index contributed by atoms with van der Waals surface area (Å²) < 4.78 is 41.2. The van der Waals surface area contributed by atoms with Gasteiger partial charge in [-0.3, -0.25) is 0 Å². The summed E-state index contributed by atoms with van der Waals surface area (Å²) in [5, 5.41) is 10.7. The Bertz CT molecular complexity index is 928. The van der Waals surface area contributed by atoms with E-state index in [1.807, 2.05) is 18.2 Å². The normalized spacial score (nSPS) is 11.7. The molecule has 25 heavy (non-hydrogen) atoms. The van der Waals surface area contributed by atoms with Crippen molar-refractivity contribution in [1.29, 1.82) is 0 Å². The van der Waals surface area contributed by atoms with Crippen LogP contribution in [-0.4, -0.2) is 9.67 Å². The van der Waals surface area contributed by atoms with Gasteiger partial charge in [0, 0.05) is 12.6 Å². The number of aromatic nitrogens is 1. The molecule has 6 heteroatoms. The van der Waals surface area contributed by atoms with E-state index in [1.54, 1.807) is 23.7 Å². The summed E-state index contributed by atoms with van der Waals surface area (Å²) in [5.74, 6) is 0.0662. The van der Waals surface area contributed by atoms with E-state index in [0.717, 1.165) is 11.6 Å². The van der Waals surface area contributed by atoms with Gasteiger partial charge < -0.3 is 15.4 Å². The Morgan fingerprint density at radius 3 is 2.24 bits per heavy atom. The minimum atomic E-state index is -4.47. The minimum Gasteiger partial charge on any atom is -0.505 e. The highest BCUT2D eigenvalue weighted by molar-refractivity contribution is 5.89. The summed E-state index contributed by atoms with van der Waals surface area (Å²) in [6, 6.07) is 13.0. The second kappa shape index (κ2) is 5.88. The number of aromatic hydroxyl groups is 1. The first-order chi connectivity index (χ1) is 11.7. The van der Waals surface area contributed by atoms with Crippen LogP contribution in [0.5, 0.6) is 5.75 Å². The summed E-state index contributed by atoms with van der Waals surface area (Å²) in [6.07, 6.45) is -4.47. The molecule has 0 bridgehead atoms. The van der Waals surface area contributed by atoms with E-state index in [-0.39, 0.29) is 28.3 Å². The molecule has 3 rings (SSSR count). The molecule has 2 aromatic carbocycles. The maximum atomic E-state index is 13.2. The van der Waals surface area contributed by atoms with Gasteiger partial charge >= 0.3 is 6.18 Å². The maximum absolute atomic E-state index is 13.2. The summed E-state index contributed by atoms with van der Waals surface area (Å²) in [5.41, 5.74) is 7.08. The summed E-state index contributed by atoms with van der Waals surface area (Å²) in [6.45, 7) is 1.40. The van der Waals surface area contributed by atoms with Gasteiger partial charge in [0.1, 0.15) is 5.82 Å². The maximum Gasteiger partial charge on any atom is 0.416 e. The average Bonchev–Trinajstić information content (AvgIpc) is 2.78. The quantitative estimate of drug-likeness (QED) is 0.688. The highest BCUT2D eigenvalue weighted by Crippen LogP contribution is 2.45. The van der Waals surface area contributed by atoms with Crippen molar-refractivity contribution in [3.8, 4) is 28.1 Å². The highest BCUT2D eigenvalue weighted by Gasteiger charge is 2.33. The first kappa shape index (κ1) is 17.0. The van der Waals surface area contributed by atoms with Gasteiger partial charge in [-0.2, -0.15) is 13.2 Å². The predicted molar refractivity (Wildman–Crippen MR) is 92.1 cm³/mol. The molecule has 0 unspecified atom stereocenters. The first-order valence-corrected chi connectivity index (χ1v) is 7.62. The molecule has 0 aliphatic heterocycles. The molecule has 3 aromatic rings. The van der Waals surface area contributed by atoms with E-state index in [2.05, 4.69) is 0 Å². The number of nitrogens with zero attached hydrogens (tertiary/aromatic N) is 1. The van der Waals surface area contributed by atoms with Crippen LogP contribution in [0, 0.1) is 6.92 Å². The van der Waals surface area contributed by atoms with Crippen LogP contribution in [0.25, 0.3) is 22.4 Å². The molecule has 0 amide bonds. The number of aryl methyl sites for hydroxylation is 1. The Labute approximate surface area is 143 Å². The van der Waals surface area contributed by atoms with Crippen molar-refractivity contribution in [2.45, 2.75) is 13.1 Å². The van der Waals surface area contributed by atoms with Crippen molar-refractivity contribution in [2.75, 3.05) is 5.73 Å². The van der Waals surface area contributed by atoms with Crippen molar-refractivity contribution >= 4 is 5.82 Å². The molecule has 3 nitrogen and oxygen atoms in total. The molecular formula is C19H17F3N2O. The lowest BCUT2D eigenvalue weighted by Crippen LogP contribution is -2.07. The molecule has 1 aromatic heterocycles. The molecule has 0 aliphatic rings. The lowest BCUT2D eigenvalue weighted by atomic mass is 9.99. The molecule has 0 atom stereocenters. The number of alkyl halides is 3. The van der Waals surface area contributed by atoms with Crippen molar-refractivity contribution in [3.63, 3.8) is 0 Å².